The predicted octanol–water partition coefficient (Wildman–Crippen LogP) is 9.60. The third-order valence-electron chi connectivity index (χ3n) is 9.41. The first-order valence-corrected chi connectivity index (χ1v) is 15.3. The molecular formula is C39H35NO3. The van der Waals surface area contributed by atoms with Crippen LogP contribution in [0.1, 0.15) is 77.0 Å². The molecule has 4 heteroatoms. The lowest BCUT2D eigenvalue weighted by Gasteiger charge is -2.23. The Balaban J connectivity index is 1.69. The minimum absolute atomic E-state index is 0.142. The zero-order valence-corrected chi connectivity index (χ0v) is 26.0. The number of para-hydroxylation sites is 1. The molecular weight excluding hydrogens is 530 g/mol. The van der Waals surface area contributed by atoms with Crippen LogP contribution in [0.3, 0.4) is 0 Å². The van der Waals surface area contributed by atoms with Crippen molar-refractivity contribution < 1.29 is 4.74 Å². The molecule has 7 aromatic carbocycles. The highest BCUT2D eigenvalue weighted by atomic mass is 16.5. The van der Waals surface area contributed by atoms with Gasteiger partial charge in [0.25, 0.3) is 11.1 Å². The van der Waals surface area contributed by atoms with E-state index in [0.717, 1.165) is 65.8 Å². The van der Waals surface area contributed by atoms with Crippen molar-refractivity contribution in [2.45, 2.75) is 72.8 Å². The molecule has 0 atom stereocenters. The largest absolute Gasteiger partial charge is 0.487 e. The summed E-state index contributed by atoms with van der Waals surface area (Å²) in [6.07, 6.45) is 0. The molecule has 0 radical (unpaired) electrons. The summed E-state index contributed by atoms with van der Waals surface area (Å²) in [7, 11) is 0. The maximum Gasteiger partial charge on any atom is 0.266 e. The summed E-state index contributed by atoms with van der Waals surface area (Å²) in [5.41, 5.74) is 2.93. The van der Waals surface area contributed by atoms with E-state index in [1.807, 2.05) is 32.9 Å². The first-order chi connectivity index (χ1) is 20.4. The molecule has 0 unspecified atom stereocenters. The summed E-state index contributed by atoms with van der Waals surface area (Å²) in [6, 6.07) is 19.0. The lowest BCUT2D eigenvalue weighted by atomic mass is 9.92. The highest BCUT2D eigenvalue weighted by Crippen LogP contribution is 2.53. The highest BCUT2D eigenvalue weighted by molar-refractivity contribution is 6.48. The molecule has 8 rings (SSSR count). The average Bonchev–Trinajstić information content (AvgIpc) is 3.43. The van der Waals surface area contributed by atoms with Gasteiger partial charge in [-0.05, 0) is 112 Å². The number of hydrogen-bond acceptors (Lipinski definition) is 3. The van der Waals surface area contributed by atoms with E-state index in [1.165, 1.54) is 20.7 Å². The molecule has 0 saturated carbocycles. The SMILES string of the molecule is Cc1cc2c3c(=O)n(-c4c(C(C)C)cccc4C(C)C)c(=O)c3c3cc(OC(C)(C)C)c4ccc5ccc1c1c5c4c3c21. The van der Waals surface area contributed by atoms with Crippen LogP contribution in [0.4, 0.5) is 0 Å². The molecule has 214 valence electrons. The molecule has 0 spiro atoms. The summed E-state index contributed by atoms with van der Waals surface area (Å²) >= 11 is 0. The van der Waals surface area contributed by atoms with E-state index in [9.17, 15) is 9.59 Å². The molecule has 0 bridgehead atoms. The lowest BCUT2D eigenvalue weighted by Crippen LogP contribution is -2.26. The van der Waals surface area contributed by atoms with Crippen LogP contribution in [0.5, 0.6) is 5.75 Å². The fourth-order valence-electron chi connectivity index (χ4n) is 7.72. The molecule has 0 fully saturated rings. The van der Waals surface area contributed by atoms with Crippen molar-refractivity contribution in [1.29, 1.82) is 0 Å². The molecule has 0 aliphatic carbocycles. The molecule has 43 heavy (non-hydrogen) atoms. The Morgan fingerprint density at radius 1 is 0.628 bits per heavy atom. The van der Waals surface area contributed by atoms with Gasteiger partial charge in [0.05, 0.1) is 16.5 Å². The van der Waals surface area contributed by atoms with Crippen molar-refractivity contribution in [3.05, 3.63) is 92.0 Å². The van der Waals surface area contributed by atoms with Gasteiger partial charge in [0.2, 0.25) is 0 Å². The molecule has 0 aliphatic rings. The molecule has 8 aromatic rings. The maximum absolute atomic E-state index is 14.8. The zero-order valence-electron chi connectivity index (χ0n) is 26.0. The fraction of sp³-hybridized carbons (Fsp3) is 0.282. The normalized spacial score (nSPS) is 13.3. The van der Waals surface area contributed by atoms with E-state index in [0.29, 0.717) is 10.8 Å². The van der Waals surface area contributed by atoms with Crippen LogP contribution in [0.15, 0.2) is 64.2 Å². The Bertz CT molecular complexity index is 2480. The van der Waals surface area contributed by atoms with Crippen molar-refractivity contribution in [1.82, 2.24) is 4.57 Å². The molecule has 0 N–H and O–H groups in total. The van der Waals surface area contributed by atoms with Crippen LogP contribution in [0, 0.1) is 6.92 Å². The van der Waals surface area contributed by atoms with E-state index in [4.69, 9.17) is 4.74 Å². The Labute approximate surface area is 249 Å². The summed E-state index contributed by atoms with van der Waals surface area (Å²) < 4.78 is 8.08. The third-order valence-corrected chi connectivity index (χ3v) is 9.41. The zero-order chi connectivity index (χ0) is 30.3. The van der Waals surface area contributed by atoms with Gasteiger partial charge in [0, 0.05) is 16.2 Å². The van der Waals surface area contributed by atoms with E-state index in [-0.39, 0.29) is 23.0 Å². The second kappa shape index (κ2) is 8.35. The number of rotatable bonds is 4. The topological polar surface area (TPSA) is 48.3 Å². The number of ether oxygens (including phenoxy) is 1. The van der Waals surface area contributed by atoms with E-state index in [2.05, 4.69) is 77.1 Å². The quantitative estimate of drug-likeness (QED) is 0.200. The van der Waals surface area contributed by atoms with Gasteiger partial charge in [-0.3, -0.25) is 9.59 Å². The monoisotopic (exact) mass is 565 g/mol. The van der Waals surface area contributed by atoms with Crippen molar-refractivity contribution in [2.75, 3.05) is 0 Å². The van der Waals surface area contributed by atoms with Crippen LogP contribution < -0.4 is 15.9 Å². The molecule has 0 saturated heterocycles. The average molecular weight is 566 g/mol. The molecule has 4 nitrogen and oxygen atoms in total. The number of aryl methyl sites for hydroxylation is 1. The maximum atomic E-state index is 14.8. The van der Waals surface area contributed by atoms with Gasteiger partial charge in [-0.1, -0.05) is 64.1 Å². The number of benzene rings is 6. The molecule has 1 aromatic heterocycles. The Hall–Kier alpha value is -4.44. The highest BCUT2D eigenvalue weighted by Gasteiger charge is 2.31. The van der Waals surface area contributed by atoms with Gasteiger partial charge < -0.3 is 4.74 Å². The number of nitrogens with zero attached hydrogens (tertiary/aromatic N) is 1. The number of fused-ring (bicyclic) bond motifs is 3. The first-order valence-electron chi connectivity index (χ1n) is 15.3. The predicted molar refractivity (Wildman–Crippen MR) is 181 cm³/mol. The van der Waals surface area contributed by atoms with Crippen molar-refractivity contribution in [3.8, 4) is 11.4 Å². The van der Waals surface area contributed by atoms with Gasteiger partial charge >= 0.3 is 0 Å². The molecule has 0 aliphatic heterocycles. The Kier molecular flexibility index (Phi) is 5.09. The second-order valence-electron chi connectivity index (χ2n) is 14.0. The van der Waals surface area contributed by atoms with Crippen molar-refractivity contribution >= 4 is 64.6 Å². The van der Waals surface area contributed by atoms with Crippen molar-refractivity contribution in [3.63, 3.8) is 0 Å². The van der Waals surface area contributed by atoms with Gasteiger partial charge in [0.1, 0.15) is 11.4 Å². The van der Waals surface area contributed by atoms with Crippen molar-refractivity contribution in [2.24, 2.45) is 0 Å². The van der Waals surface area contributed by atoms with Gasteiger partial charge in [-0.15, -0.1) is 0 Å². The Morgan fingerprint density at radius 3 is 1.70 bits per heavy atom. The standard InChI is InChI=1S/C39H35NO3/c1-18(2)22-10-9-11-23(19(3)4)36(22)40-37(41)34-26-16-20(5)24-14-12-21-13-15-25-28(43-39(6,7)8)17-27(35(34)38(40)42)33-31(25)29(21)30(24)32(26)33/h9-19H,1-8H3. The van der Waals surface area contributed by atoms with Crippen LogP contribution >= 0.6 is 0 Å². The number of hydrogen-bond donors (Lipinski definition) is 0. The Morgan fingerprint density at radius 2 is 1.14 bits per heavy atom. The summed E-state index contributed by atoms with van der Waals surface area (Å²) in [4.78, 5) is 29.6. The first kappa shape index (κ1) is 26.2. The van der Waals surface area contributed by atoms with E-state index >= 15 is 0 Å². The van der Waals surface area contributed by atoms with E-state index < -0.39 is 5.60 Å². The van der Waals surface area contributed by atoms with Crippen LogP contribution in [-0.4, -0.2) is 10.2 Å². The smallest absolute Gasteiger partial charge is 0.266 e. The van der Waals surface area contributed by atoms with Gasteiger partial charge in [0.15, 0.2) is 0 Å². The summed E-state index contributed by atoms with van der Waals surface area (Å²) in [5, 5.41) is 11.7. The van der Waals surface area contributed by atoms with Crippen LogP contribution in [-0.2, 0) is 0 Å². The minimum Gasteiger partial charge on any atom is -0.487 e. The second-order valence-corrected chi connectivity index (χ2v) is 14.0. The fourth-order valence-corrected chi connectivity index (χ4v) is 7.72. The molecule has 0 amide bonds. The lowest BCUT2D eigenvalue weighted by molar-refractivity contribution is 0.133. The molecule has 1 heterocycles. The van der Waals surface area contributed by atoms with Crippen LogP contribution in [0.2, 0.25) is 0 Å². The number of aromatic nitrogens is 1. The minimum atomic E-state index is -0.444. The van der Waals surface area contributed by atoms with Gasteiger partial charge in [-0.25, -0.2) is 4.57 Å². The third kappa shape index (κ3) is 3.27. The summed E-state index contributed by atoms with van der Waals surface area (Å²) in [6.45, 7) is 16.7. The van der Waals surface area contributed by atoms with Crippen LogP contribution in [0.25, 0.3) is 70.3 Å². The summed E-state index contributed by atoms with van der Waals surface area (Å²) in [5.74, 6) is 1.02. The van der Waals surface area contributed by atoms with Gasteiger partial charge in [-0.2, -0.15) is 0 Å². The van der Waals surface area contributed by atoms with E-state index in [1.54, 1.807) is 0 Å².